The van der Waals surface area contributed by atoms with Crippen molar-refractivity contribution in [1.29, 1.82) is 0 Å². The Balaban J connectivity index is -0.0000000945. The minimum atomic E-state index is -0.845. The van der Waals surface area contributed by atoms with Crippen molar-refractivity contribution in [3.8, 4) is 0 Å². The molecule has 2 unspecified atom stereocenters. The molecule has 2 atom stereocenters. The number of nitrogens with one attached hydrogen (secondary N) is 2. The minimum absolute atomic E-state index is 0. The van der Waals surface area contributed by atoms with Gasteiger partial charge in [0.2, 0.25) is 0 Å². The molecule has 2 N–H and O–H groups in total. The van der Waals surface area contributed by atoms with Gasteiger partial charge in [-0.05, 0) is 27.2 Å². The molecule has 0 aromatic carbocycles. The number of carbonyl (C=O) groups excluding carboxylic acids is 3. The van der Waals surface area contributed by atoms with Crippen LogP contribution in [0.5, 0.6) is 0 Å². The van der Waals surface area contributed by atoms with Gasteiger partial charge < -0.3 is 25.9 Å². The molecule has 0 aromatic heterocycles. The number of hydrogen-bond acceptors (Lipinski definition) is 3. The van der Waals surface area contributed by atoms with Crippen molar-refractivity contribution in [3.63, 3.8) is 0 Å². The monoisotopic (exact) mass is 392 g/mol. The molecule has 0 saturated carbocycles. The second-order valence-corrected chi connectivity index (χ2v) is 3.40. The first-order chi connectivity index (χ1) is 6.68. The molecule has 94 valence electrons. The molecule has 0 aliphatic heterocycles. The van der Waals surface area contributed by atoms with E-state index in [4.69, 9.17) is 11.5 Å². The maximum absolute atomic E-state index is 10.3. The standard InChI is InChI=1S/C6H10NO2.C4H8NO.2Y/c1-4(8)3-6(7)5(2)9;1-3(5)4(2)6;;/h6-7H,3H2,1-2H3;3,5H,1-2H3;;/q2*-1;;. The normalized spacial score (nSPS) is 11.6. The van der Waals surface area contributed by atoms with Gasteiger partial charge in [-0.25, -0.2) is 0 Å². The SMILES string of the molecule is CC(=O)C(C)[NH-].CC(=O)CC([NH-])C(C)=O.[Y].[Y]. The van der Waals surface area contributed by atoms with E-state index in [2.05, 4.69) is 0 Å². The first-order valence-electron chi connectivity index (χ1n) is 4.61. The van der Waals surface area contributed by atoms with E-state index < -0.39 is 12.1 Å². The number of hydrogen-bond donors (Lipinski definition) is 0. The van der Waals surface area contributed by atoms with Gasteiger partial charge in [0.25, 0.3) is 0 Å². The Hall–Kier alpha value is 1.14. The molecular weight excluding hydrogens is 374 g/mol. The molecular formula is C10H18N2O3Y2-2. The Bertz CT molecular complexity index is 246. The van der Waals surface area contributed by atoms with Gasteiger partial charge in [0.1, 0.15) is 17.3 Å². The number of rotatable bonds is 4. The van der Waals surface area contributed by atoms with Crippen LogP contribution >= 0.6 is 0 Å². The summed E-state index contributed by atoms with van der Waals surface area (Å²) in [6.45, 7) is 5.67. The topological polar surface area (TPSA) is 98.8 Å². The van der Waals surface area contributed by atoms with Crippen molar-refractivity contribution < 1.29 is 79.8 Å². The van der Waals surface area contributed by atoms with E-state index in [0.717, 1.165) is 0 Å². The van der Waals surface area contributed by atoms with Crippen molar-refractivity contribution >= 4 is 17.3 Å². The van der Waals surface area contributed by atoms with Gasteiger partial charge in [0.15, 0.2) is 0 Å². The zero-order chi connectivity index (χ0) is 12.6. The van der Waals surface area contributed by atoms with Crippen LogP contribution in [0.3, 0.4) is 0 Å². The van der Waals surface area contributed by atoms with Gasteiger partial charge in [-0.2, -0.15) is 0 Å². The number of Topliss-reactive ketones (excluding diaryl/α,β-unsaturated/α-hetero) is 3. The Morgan fingerprint density at radius 1 is 0.941 bits per heavy atom. The van der Waals surface area contributed by atoms with Gasteiger partial charge in [0, 0.05) is 65.4 Å². The van der Waals surface area contributed by atoms with Crippen LogP contribution < -0.4 is 0 Å². The van der Waals surface area contributed by atoms with Crippen LogP contribution in [-0.2, 0) is 79.8 Å². The van der Waals surface area contributed by atoms with E-state index in [0.29, 0.717) is 0 Å². The maximum Gasteiger partial charge on any atom is 0.128 e. The van der Waals surface area contributed by atoms with E-state index in [1.807, 2.05) is 0 Å². The third-order valence-electron chi connectivity index (χ3n) is 1.59. The summed E-state index contributed by atoms with van der Waals surface area (Å²) in [5.74, 6) is -0.426. The first-order valence-corrected chi connectivity index (χ1v) is 4.61. The van der Waals surface area contributed by atoms with Crippen LogP contribution in [0.1, 0.15) is 34.1 Å². The predicted octanol–water partition coefficient (Wildman–Crippen LogP) is 1.99. The van der Waals surface area contributed by atoms with Crippen molar-refractivity contribution in [1.82, 2.24) is 0 Å². The quantitative estimate of drug-likeness (QED) is 0.732. The predicted molar refractivity (Wildman–Crippen MR) is 58.6 cm³/mol. The Morgan fingerprint density at radius 2 is 1.24 bits per heavy atom. The molecule has 0 aromatic rings. The van der Waals surface area contributed by atoms with Crippen LogP contribution in [0.4, 0.5) is 0 Å². The van der Waals surface area contributed by atoms with Crippen molar-refractivity contribution in [2.24, 2.45) is 0 Å². The Labute approximate surface area is 153 Å². The largest absolute Gasteiger partial charge is 0.669 e. The summed E-state index contributed by atoms with van der Waals surface area (Å²) >= 11 is 0. The second kappa shape index (κ2) is 15.2. The van der Waals surface area contributed by atoms with Crippen molar-refractivity contribution in [2.75, 3.05) is 0 Å². The fraction of sp³-hybridized carbons (Fsp3) is 0.700. The summed E-state index contributed by atoms with van der Waals surface area (Å²) < 4.78 is 0. The summed E-state index contributed by atoms with van der Waals surface area (Å²) in [7, 11) is 0. The maximum atomic E-state index is 10.3. The van der Waals surface area contributed by atoms with Crippen LogP contribution in [0.2, 0.25) is 0 Å². The van der Waals surface area contributed by atoms with Crippen LogP contribution in [0.25, 0.3) is 11.5 Å². The third kappa shape index (κ3) is 22.8. The molecule has 0 rings (SSSR count). The summed E-state index contributed by atoms with van der Waals surface area (Å²) in [4.78, 5) is 30.6. The Morgan fingerprint density at radius 3 is 1.29 bits per heavy atom. The van der Waals surface area contributed by atoms with E-state index >= 15 is 0 Å². The summed E-state index contributed by atoms with van der Waals surface area (Å²) in [6, 6.07) is -1.38. The molecule has 0 amide bonds. The third-order valence-corrected chi connectivity index (χ3v) is 1.59. The Kier molecular flexibility index (Phi) is 23.8. The molecule has 5 nitrogen and oxygen atoms in total. The molecule has 17 heavy (non-hydrogen) atoms. The van der Waals surface area contributed by atoms with E-state index in [1.54, 1.807) is 6.92 Å². The van der Waals surface area contributed by atoms with E-state index in [-0.39, 0.29) is 89.2 Å². The molecule has 0 aliphatic carbocycles. The molecule has 2 radical (unpaired) electrons. The molecule has 0 spiro atoms. The van der Waals surface area contributed by atoms with Crippen LogP contribution in [0, 0.1) is 0 Å². The zero-order valence-electron chi connectivity index (χ0n) is 10.7. The fourth-order valence-corrected chi connectivity index (χ4v) is 0.431. The van der Waals surface area contributed by atoms with Gasteiger partial charge in [-0.3, -0.25) is 0 Å². The smallest absolute Gasteiger partial charge is 0.128 e. The average molecular weight is 392 g/mol. The number of ketones is 3. The van der Waals surface area contributed by atoms with Crippen LogP contribution in [-0.4, -0.2) is 29.4 Å². The van der Waals surface area contributed by atoms with Crippen molar-refractivity contribution in [2.45, 2.75) is 46.2 Å². The first kappa shape index (κ1) is 26.7. The van der Waals surface area contributed by atoms with Gasteiger partial charge in [0.05, 0.1) is 0 Å². The fourth-order valence-electron chi connectivity index (χ4n) is 0.431. The molecule has 0 aliphatic rings. The van der Waals surface area contributed by atoms with Gasteiger partial charge in [-0.15, -0.1) is 0 Å². The van der Waals surface area contributed by atoms with Crippen LogP contribution in [0.15, 0.2) is 0 Å². The molecule has 0 heterocycles. The summed E-state index contributed by atoms with van der Waals surface area (Å²) in [5, 5.41) is 0. The second-order valence-electron chi connectivity index (χ2n) is 3.40. The summed E-state index contributed by atoms with van der Waals surface area (Å²) in [5.41, 5.74) is 13.7. The minimum Gasteiger partial charge on any atom is -0.669 e. The zero-order valence-corrected chi connectivity index (χ0v) is 16.4. The van der Waals surface area contributed by atoms with Gasteiger partial charge in [-0.1, -0.05) is 19.0 Å². The number of carbonyl (C=O) groups is 3. The average Bonchev–Trinajstić information content (AvgIpc) is 2.03. The van der Waals surface area contributed by atoms with Crippen molar-refractivity contribution in [3.05, 3.63) is 11.5 Å². The summed E-state index contributed by atoms with van der Waals surface area (Å²) in [6.07, 6.45) is 0.0509. The molecule has 0 fully saturated rings. The molecule has 0 saturated heterocycles. The molecule has 7 heteroatoms. The molecule has 0 bridgehead atoms. The van der Waals surface area contributed by atoms with Gasteiger partial charge >= 0.3 is 0 Å². The van der Waals surface area contributed by atoms with E-state index in [9.17, 15) is 14.4 Å². The van der Waals surface area contributed by atoms with E-state index in [1.165, 1.54) is 20.8 Å².